The average Bonchev–Trinajstić information content (AvgIpc) is 1.99. The van der Waals surface area contributed by atoms with Gasteiger partial charge in [0.2, 0.25) is 0 Å². The van der Waals surface area contributed by atoms with E-state index in [4.69, 9.17) is 0 Å². The van der Waals surface area contributed by atoms with E-state index in [2.05, 4.69) is 0 Å². The molecule has 0 N–H and O–H groups in total. The molecule has 0 rings (SSSR count). The van der Waals surface area contributed by atoms with Crippen molar-refractivity contribution in [1.29, 1.82) is 0 Å². The van der Waals surface area contributed by atoms with Gasteiger partial charge in [-0.2, -0.15) is 0 Å². The number of allylic oxidation sites excluding steroid dienone is 2. The zero-order chi connectivity index (χ0) is 8.85. The molecule has 0 heterocycles. The molecule has 11 heavy (non-hydrogen) atoms. The quantitative estimate of drug-likeness (QED) is 0.579. The van der Waals surface area contributed by atoms with E-state index in [0.29, 0.717) is 18.4 Å². The Hall–Kier alpha value is -0.920. The molecule has 0 amide bonds. The maximum atomic E-state index is 10.9. The highest BCUT2D eigenvalue weighted by Crippen LogP contribution is 2.02. The van der Waals surface area contributed by atoms with Crippen molar-refractivity contribution in [2.75, 3.05) is 0 Å². The average molecular weight is 154 g/mol. The van der Waals surface area contributed by atoms with Crippen LogP contribution in [0, 0.1) is 0 Å². The molecule has 0 radical (unpaired) electrons. The van der Waals surface area contributed by atoms with Crippen LogP contribution in [0.3, 0.4) is 0 Å². The van der Waals surface area contributed by atoms with Gasteiger partial charge in [-0.3, -0.25) is 9.59 Å². The summed E-state index contributed by atoms with van der Waals surface area (Å²) in [7, 11) is 0. The molecule has 0 fully saturated rings. The zero-order valence-electron chi connectivity index (χ0n) is 7.31. The van der Waals surface area contributed by atoms with Crippen molar-refractivity contribution in [2.24, 2.45) is 0 Å². The molecule has 0 bridgehead atoms. The van der Waals surface area contributed by atoms with Crippen molar-refractivity contribution in [1.82, 2.24) is 0 Å². The molecule has 0 aromatic heterocycles. The number of ketones is 2. The highest BCUT2D eigenvalue weighted by molar-refractivity contribution is 6.01. The van der Waals surface area contributed by atoms with Crippen LogP contribution in [0.2, 0.25) is 0 Å². The minimum atomic E-state index is -0.00528. The molecular formula is C9H14O2. The first-order valence-electron chi connectivity index (χ1n) is 3.86. The Morgan fingerprint density at radius 3 is 2.00 bits per heavy atom. The van der Waals surface area contributed by atoms with Crippen molar-refractivity contribution < 1.29 is 9.59 Å². The summed E-state index contributed by atoms with van der Waals surface area (Å²) in [6.07, 6.45) is 2.56. The summed E-state index contributed by atoms with van der Waals surface area (Å²) in [6.45, 7) is 5.14. The van der Waals surface area contributed by atoms with Crippen LogP contribution >= 0.6 is 0 Å². The first-order chi connectivity index (χ1) is 5.11. The SMILES string of the molecule is CCC(=O)C=C(CC)C(C)=O. The predicted octanol–water partition coefficient (Wildman–Crippen LogP) is 1.89. The Balaban J connectivity index is 4.35. The second-order valence-electron chi connectivity index (χ2n) is 2.40. The van der Waals surface area contributed by atoms with E-state index in [-0.39, 0.29) is 11.6 Å². The molecular weight excluding hydrogens is 140 g/mol. The van der Waals surface area contributed by atoms with Crippen molar-refractivity contribution in [2.45, 2.75) is 33.6 Å². The van der Waals surface area contributed by atoms with Gasteiger partial charge in [-0.05, 0) is 25.0 Å². The Morgan fingerprint density at radius 2 is 1.73 bits per heavy atom. The predicted molar refractivity (Wildman–Crippen MR) is 44.4 cm³/mol. The van der Waals surface area contributed by atoms with Crippen molar-refractivity contribution >= 4 is 11.6 Å². The van der Waals surface area contributed by atoms with Crippen LogP contribution < -0.4 is 0 Å². The van der Waals surface area contributed by atoms with Crippen LogP contribution in [-0.2, 0) is 9.59 Å². The lowest BCUT2D eigenvalue weighted by molar-refractivity contribution is -0.116. The maximum Gasteiger partial charge on any atom is 0.155 e. The topological polar surface area (TPSA) is 34.1 Å². The third-order valence-electron chi connectivity index (χ3n) is 1.52. The van der Waals surface area contributed by atoms with Crippen LogP contribution in [-0.4, -0.2) is 11.6 Å². The van der Waals surface area contributed by atoms with E-state index in [0.717, 1.165) is 0 Å². The van der Waals surface area contributed by atoms with E-state index in [9.17, 15) is 9.59 Å². The molecule has 0 aromatic rings. The summed E-state index contributed by atoms with van der Waals surface area (Å²) in [5, 5.41) is 0. The third-order valence-corrected chi connectivity index (χ3v) is 1.52. The molecule has 0 aliphatic rings. The summed E-state index contributed by atoms with van der Waals surface area (Å²) >= 11 is 0. The maximum absolute atomic E-state index is 10.9. The van der Waals surface area contributed by atoms with Crippen LogP contribution in [0.4, 0.5) is 0 Å². The molecule has 0 aromatic carbocycles. The van der Waals surface area contributed by atoms with E-state index in [1.807, 2.05) is 6.92 Å². The fourth-order valence-corrected chi connectivity index (χ4v) is 0.749. The van der Waals surface area contributed by atoms with Gasteiger partial charge in [-0.25, -0.2) is 0 Å². The number of hydrogen-bond acceptors (Lipinski definition) is 2. The molecule has 2 nitrogen and oxygen atoms in total. The number of hydrogen-bond donors (Lipinski definition) is 0. The molecule has 62 valence electrons. The first kappa shape index (κ1) is 10.1. The molecule has 0 unspecified atom stereocenters. The summed E-state index contributed by atoms with van der Waals surface area (Å²) in [4.78, 5) is 21.7. The largest absolute Gasteiger partial charge is 0.295 e. The number of carbonyl (C=O) groups excluding carboxylic acids is 2. The van der Waals surface area contributed by atoms with Gasteiger partial charge in [-0.15, -0.1) is 0 Å². The second-order valence-corrected chi connectivity index (χ2v) is 2.40. The van der Waals surface area contributed by atoms with Gasteiger partial charge in [0.1, 0.15) is 0 Å². The van der Waals surface area contributed by atoms with Crippen molar-refractivity contribution in [3.8, 4) is 0 Å². The minimum Gasteiger partial charge on any atom is -0.295 e. The lowest BCUT2D eigenvalue weighted by atomic mass is 10.1. The molecule has 0 saturated heterocycles. The fraction of sp³-hybridized carbons (Fsp3) is 0.556. The van der Waals surface area contributed by atoms with Crippen molar-refractivity contribution in [3.05, 3.63) is 11.6 Å². The van der Waals surface area contributed by atoms with Crippen LogP contribution in [0.15, 0.2) is 11.6 Å². The summed E-state index contributed by atoms with van der Waals surface area (Å²) in [5.41, 5.74) is 0.622. The highest BCUT2D eigenvalue weighted by Gasteiger charge is 2.02. The normalized spacial score (nSPS) is 11.4. The Morgan fingerprint density at radius 1 is 1.18 bits per heavy atom. The third kappa shape index (κ3) is 3.71. The molecule has 0 aliphatic carbocycles. The van der Waals surface area contributed by atoms with Gasteiger partial charge in [0, 0.05) is 6.42 Å². The highest BCUT2D eigenvalue weighted by atomic mass is 16.1. The smallest absolute Gasteiger partial charge is 0.155 e. The lowest BCUT2D eigenvalue weighted by Gasteiger charge is -1.96. The monoisotopic (exact) mass is 154 g/mol. The summed E-state index contributed by atoms with van der Waals surface area (Å²) in [5.74, 6) is 0.0198. The molecule has 0 spiro atoms. The number of carbonyl (C=O) groups is 2. The Kier molecular flexibility index (Phi) is 4.42. The number of Topliss-reactive ketones (excluding diaryl/α,β-unsaturated/α-hetero) is 1. The van der Waals surface area contributed by atoms with Gasteiger partial charge in [0.05, 0.1) is 0 Å². The van der Waals surface area contributed by atoms with E-state index >= 15 is 0 Å². The second kappa shape index (κ2) is 4.83. The van der Waals surface area contributed by atoms with Crippen LogP contribution in [0.25, 0.3) is 0 Å². The fourth-order valence-electron chi connectivity index (χ4n) is 0.749. The zero-order valence-corrected chi connectivity index (χ0v) is 7.31. The van der Waals surface area contributed by atoms with Gasteiger partial charge in [0.15, 0.2) is 11.6 Å². The van der Waals surface area contributed by atoms with Gasteiger partial charge in [-0.1, -0.05) is 13.8 Å². The first-order valence-corrected chi connectivity index (χ1v) is 3.86. The minimum absolute atomic E-state index is 0.00528. The van der Waals surface area contributed by atoms with Gasteiger partial charge in [0.25, 0.3) is 0 Å². The van der Waals surface area contributed by atoms with Crippen LogP contribution in [0.1, 0.15) is 33.6 Å². The van der Waals surface area contributed by atoms with Crippen molar-refractivity contribution in [3.63, 3.8) is 0 Å². The lowest BCUT2D eigenvalue weighted by Crippen LogP contribution is -1.99. The molecule has 0 aliphatic heterocycles. The van der Waals surface area contributed by atoms with Crippen LogP contribution in [0.5, 0.6) is 0 Å². The molecule has 2 heteroatoms. The summed E-state index contributed by atoms with van der Waals surface area (Å²) < 4.78 is 0. The summed E-state index contributed by atoms with van der Waals surface area (Å²) in [6, 6.07) is 0. The molecule has 0 saturated carbocycles. The standard InChI is InChI=1S/C9H14O2/c1-4-8(7(3)10)6-9(11)5-2/h6H,4-5H2,1-3H3. The Labute approximate surface area is 67.3 Å². The number of rotatable bonds is 4. The van der Waals surface area contributed by atoms with E-state index < -0.39 is 0 Å². The van der Waals surface area contributed by atoms with E-state index in [1.54, 1.807) is 6.92 Å². The van der Waals surface area contributed by atoms with Gasteiger partial charge < -0.3 is 0 Å². The Bertz CT molecular complexity index is 190. The molecule has 0 atom stereocenters. The van der Waals surface area contributed by atoms with E-state index in [1.165, 1.54) is 13.0 Å². The van der Waals surface area contributed by atoms with Gasteiger partial charge >= 0.3 is 0 Å².